The fraction of sp³-hybridized carbons (Fsp3) is 0.0606. The topological polar surface area (TPSA) is 58.4 Å². The van der Waals surface area contributed by atoms with Crippen molar-refractivity contribution in [3.63, 3.8) is 0 Å². The average molecular weight is 581 g/mol. The summed E-state index contributed by atoms with van der Waals surface area (Å²) in [5.74, 6) is -0.371. The van der Waals surface area contributed by atoms with Crippen LogP contribution in [0.1, 0.15) is 24.0 Å². The van der Waals surface area contributed by atoms with E-state index in [0.29, 0.717) is 5.71 Å². The van der Waals surface area contributed by atoms with Gasteiger partial charge in [0.2, 0.25) is 0 Å². The Morgan fingerprint density at radius 1 is 0.605 bits per heavy atom. The summed E-state index contributed by atoms with van der Waals surface area (Å²) in [6, 6.07) is 40.9. The molecular weight excluding hydrogens is 555 g/mol. The first-order valence-electron chi connectivity index (χ1n) is 12.3. The summed E-state index contributed by atoms with van der Waals surface area (Å²) in [4.78, 5) is 10.2. The Balaban J connectivity index is 0.00000294. The molecule has 1 N–H and O–H groups in total. The van der Waals surface area contributed by atoms with Gasteiger partial charge in [-0.05, 0) is 42.3 Å². The van der Waals surface area contributed by atoms with Gasteiger partial charge < -0.3 is 5.21 Å². The molecule has 2 heterocycles. The molecule has 6 aromatic rings. The van der Waals surface area contributed by atoms with E-state index in [0.717, 1.165) is 55.4 Å². The number of fused-ring (bicyclic) bond motifs is 2. The third-order valence-corrected chi connectivity index (χ3v) is 6.80. The van der Waals surface area contributed by atoms with E-state index in [-0.39, 0.29) is 25.4 Å². The minimum Gasteiger partial charge on any atom is -0.411 e. The Morgan fingerprint density at radius 3 is 1.42 bits per heavy atom. The van der Waals surface area contributed by atoms with Gasteiger partial charge in [0, 0.05) is 21.9 Å². The quantitative estimate of drug-likeness (QED) is 0.0970. The van der Waals surface area contributed by atoms with Crippen LogP contribution in [0.25, 0.3) is 44.3 Å². The summed E-state index contributed by atoms with van der Waals surface area (Å²) in [6.45, 7) is 1.86. The number of rotatable bonds is 5. The molecule has 2 aromatic heterocycles. The second-order valence-electron chi connectivity index (χ2n) is 9.14. The van der Waals surface area contributed by atoms with Crippen molar-refractivity contribution in [1.29, 1.82) is 0 Å². The standard InChI is InChI=1S/C33H25N3O.Ru/c1-22(36-37)31(27-20-25-16-8-10-18-29(25)34-32(27)23-12-4-2-5-13-23)28-21-26-17-9-11-19-30(26)35-33(28)24-14-6-3-7-15-24;/h2-21,31,37H,1H3;/q;+3. The molecule has 38 heavy (non-hydrogen) atoms. The summed E-state index contributed by atoms with van der Waals surface area (Å²) < 4.78 is 0. The maximum Gasteiger partial charge on any atom is 3.00 e. The molecule has 6 rings (SSSR count). The van der Waals surface area contributed by atoms with Gasteiger partial charge in [-0.15, -0.1) is 0 Å². The number of aromatic nitrogens is 2. The molecule has 1 radical (unpaired) electrons. The molecule has 0 saturated carbocycles. The largest absolute Gasteiger partial charge is 3.00 e. The number of para-hydroxylation sites is 2. The minimum absolute atomic E-state index is 0. The van der Waals surface area contributed by atoms with E-state index in [4.69, 9.17) is 9.97 Å². The Morgan fingerprint density at radius 2 is 1.00 bits per heavy atom. The molecule has 0 unspecified atom stereocenters. The van der Waals surface area contributed by atoms with Crippen LogP contribution in [0, 0.1) is 0 Å². The molecule has 0 spiro atoms. The maximum atomic E-state index is 10.1. The van der Waals surface area contributed by atoms with Gasteiger partial charge >= 0.3 is 19.5 Å². The van der Waals surface area contributed by atoms with Crippen molar-refractivity contribution in [3.05, 3.63) is 132 Å². The molecule has 0 aliphatic heterocycles. The van der Waals surface area contributed by atoms with Crippen LogP contribution in [0.3, 0.4) is 0 Å². The van der Waals surface area contributed by atoms with Gasteiger partial charge in [0.25, 0.3) is 0 Å². The number of hydrogen-bond donors (Lipinski definition) is 1. The summed E-state index contributed by atoms with van der Waals surface area (Å²) in [5.41, 5.74) is 8.08. The first-order chi connectivity index (χ1) is 18.2. The summed E-state index contributed by atoms with van der Waals surface area (Å²) in [6.07, 6.45) is 0. The van der Waals surface area contributed by atoms with Crippen LogP contribution in [-0.4, -0.2) is 20.9 Å². The van der Waals surface area contributed by atoms with Crippen LogP contribution in [-0.2, 0) is 19.5 Å². The fourth-order valence-corrected chi connectivity index (χ4v) is 5.03. The number of oxime groups is 1. The van der Waals surface area contributed by atoms with Crippen molar-refractivity contribution in [2.75, 3.05) is 0 Å². The van der Waals surface area contributed by atoms with Gasteiger partial charge in [-0.25, -0.2) is 9.97 Å². The van der Waals surface area contributed by atoms with Crippen molar-refractivity contribution in [2.45, 2.75) is 12.8 Å². The summed E-state index contributed by atoms with van der Waals surface area (Å²) in [7, 11) is 0. The zero-order valence-corrected chi connectivity index (χ0v) is 22.5. The van der Waals surface area contributed by atoms with Crippen molar-refractivity contribution in [3.8, 4) is 22.5 Å². The SMILES string of the molecule is CC(=NO)C(c1cc2ccccc2nc1-c1ccccc1)c1cc2ccccc2nc1-c1ccccc1.[Ru+3]. The zero-order valence-electron chi connectivity index (χ0n) is 20.8. The van der Waals surface area contributed by atoms with E-state index in [2.05, 4.69) is 53.7 Å². The average Bonchev–Trinajstić information content (AvgIpc) is 2.97. The van der Waals surface area contributed by atoms with Crippen molar-refractivity contribution in [2.24, 2.45) is 5.16 Å². The predicted octanol–water partition coefficient (Wildman–Crippen LogP) is 8.10. The van der Waals surface area contributed by atoms with Crippen LogP contribution < -0.4 is 0 Å². The Bertz CT molecular complexity index is 1630. The van der Waals surface area contributed by atoms with E-state index < -0.39 is 0 Å². The summed E-state index contributed by atoms with van der Waals surface area (Å²) in [5, 5.41) is 15.9. The van der Waals surface area contributed by atoms with Gasteiger partial charge in [0.15, 0.2) is 0 Å². The molecule has 4 aromatic carbocycles. The van der Waals surface area contributed by atoms with Crippen molar-refractivity contribution >= 4 is 27.5 Å². The molecule has 0 aliphatic rings. The molecule has 0 atom stereocenters. The van der Waals surface area contributed by atoms with Gasteiger partial charge in [-0.2, -0.15) is 0 Å². The summed E-state index contributed by atoms with van der Waals surface area (Å²) >= 11 is 0. The Labute approximate surface area is 234 Å². The first-order valence-corrected chi connectivity index (χ1v) is 12.3. The second kappa shape index (κ2) is 11.0. The molecule has 0 saturated heterocycles. The van der Waals surface area contributed by atoms with Gasteiger partial charge in [-0.3, -0.25) is 0 Å². The molecule has 0 bridgehead atoms. The second-order valence-corrected chi connectivity index (χ2v) is 9.14. The molecule has 4 nitrogen and oxygen atoms in total. The van der Waals surface area contributed by atoms with Crippen molar-refractivity contribution in [1.82, 2.24) is 9.97 Å². The van der Waals surface area contributed by atoms with Crippen LogP contribution in [0.4, 0.5) is 0 Å². The number of hydrogen-bond acceptors (Lipinski definition) is 4. The monoisotopic (exact) mass is 581 g/mol. The molecule has 183 valence electrons. The van der Waals surface area contributed by atoms with E-state index in [1.54, 1.807) is 0 Å². The number of pyridine rings is 2. The van der Waals surface area contributed by atoms with E-state index in [9.17, 15) is 5.21 Å². The first kappa shape index (κ1) is 25.4. The minimum atomic E-state index is -0.371. The van der Waals surface area contributed by atoms with Crippen molar-refractivity contribution < 1.29 is 24.7 Å². The van der Waals surface area contributed by atoms with E-state index in [1.165, 1.54) is 0 Å². The number of nitrogens with zero attached hydrogens (tertiary/aromatic N) is 3. The third-order valence-electron chi connectivity index (χ3n) is 6.80. The van der Waals surface area contributed by atoms with Crippen LogP contribution in [0.2, 0.25) is 0 Å². The zero-order chi connectivity index (χ0) is 25.2. The normalized spacial score (nSPS) is 11.6. The molecule has 0 aliphatic carbocycles. The molecule has 5 heteroatoms. The van der Waals surface area contributed by atoms with E-state index in [1.807, 2.05) is 79.7 Å². The molecule has 0 fully saturated rings. The predicted molar refractivity (Wildman–Crippen MR) is 151 cm³/mol. The van der Waals surface area contributed by atoms with E-state index >= 15 is 0 Å². The maximum absolute atomic E-state index is 10.1. The van der Waals surface area contributed by atoms with Gasteiger partial charge in [-0.1, -0.05) is 102 Å². The number of benzene rings is 4. The van der Waals surface area contributed by atoms with Gasteiger partial charge in [0.1, 0.15) is 0 Å². The third kappa shape index (κ3) is 4.73. The van der Waals surface area contributed by atoms with Crippen LogP contribution in [0.15, 0.2) is 126 Å². The molecule has 0 amide bonds. The smallest absolute Gasteiger partial charge is 0.411 e. The van der Waals surface area contributed by atoms with Crippen LogP contribution >= 0.6 is 0 Å². The fourth-order valence-electron chi connectivity index (χ4n) is 5.03. The van der Waals surface area contributed by atoms with Crippen LogP contribution in [0.5, 0.6) is 0 Å². The molecular formula is C33H25N3ORu+3. The Hall–Kier alpha value is -4.21. The van der Waals surface area contributed by atoms with Gasteiger partial charge in [0.05, 0.1) is 34.1 Å². The Kier molecular flexibility index (Phi) is 7.39.